The topological polar surface area (TPSA) is 63.1 Å². The Morgan fingerprint density at radius 1 is 1.61 bits per heavy atom. The highest BCUT2D eigenvalue weighted by Crippen LogP contribution is 2.22. The number of carbonyl (C=O) groups excluding carboxylic acids is 1. The van der Waals surface area contributed by atoms with Crippen LogP contribution in [-0.2, 0) is 0 Å². The molecule has 1 unspecified atom stereocenters. The van der Waals surface area contributed by atoms with Gasteiger partial charge in [-0.3, -0.25) is 4.79 Å². The van der Waals surface area contributed by atoms with Gasteiger partial charge in [0, 0.05) is 31.9 Å². The zero-order valence-corrected chi connectivity index (χ0v) is 11.2. The van der Waals surface area contributed by atoms with E-state index < -0.39 is 0 Å². The summed E-state index contributed by atoms with van der Waals surface area (Å²) in [6.07, 6.45) is 2.85. The monoisotopic (exact) mass is 267 g/mol. The molecule has 0 radical (unpaired) electrons. The molecule has 2 saturated heterocycles. The van der Waals surface area contributed by atoms with E-state index >= 15 is 0 Å². The van der Waals surface area contributed by atoms with Crippen molar-refractivity contribution in [2.24, 2.45) is 0 Å². The summed E-state index contributed by atoms with van der Waals surface area (Å²) in [5.41, 5.74) is 0.460. The van der Waals surface area contributed by atoms with Crippen LogP contribution < -0.4 is 5.32 Å². The maximum absolute atomic E-state index is 12.3. The van der Waals surface area contributed by atoms with Gasteiger partial charge in [-0.25, -0.2) is 4.68 Å². The van der Waals surface area contributed by atoms with Crippen molar-refractivity contribution in [1.29, 1.82) is 0 Å². The first kappa shape index (κ1) is 12.0. The van der Waals surface area contributed by atoms with Gasteiger partial charge in [-0.05, 0) is 12.2 Å². The predicted molar refractivity (Wildman–Crippen MR) is 69.8 cm³/mol. The zero-order valence-electron chi connectivity index (χ0n) is 10.4. The van der Waals surface area contributed by atoms with Gasteiger partial charge in [-0.2, -0.15) is 11.8 Å². The molecule has 0 aliphatic carbocycles. The quantitative estimate of drug-likeness (QED) is 0.835. The number of hydrogen-bond donors (Lipinski definition) is 1. The third-order valence-electron chi connectivity index (χ3n) is 3.64. The van der Waals surface area contributed by atoms with E-state index in [9.17, 15) is 4.79 Å². The fraction of sp³-hybridized carbons (Fsp3) is 0.727. The Kier molecular flexibility index (Phi) is 3.25. The van der Waals surface area contributed by atoms with Crippen LogP contribution in [-0.4, -0.2) is 63.5 Å². The first-order chi connectivity index (χ1) is 8.75. The Balaban J connectivity index is 1.69. The summed E-state index contributed by atoms with van der Waals surface area (Å²) in [5.74, 6) is 2.16. The second-order valence-corrected chi connectivity index (χ2v) is 5.98. The number of amides is 1. The summed E-state index contributed by atoms with van der Waals surface area (Å²) < 4.78 is 1.79. The second-order valence-electron chi connectivity index (χ2n) is 4.83. The van der Waals surface area contributed by atoms with Crippen molar-refractivity contribution in [2.45, 2.75) is 18.5 Å². The first-order valence-corrected chi connectivity index (χ1v) is 7.38. The number of nitrogens with zero attached hydrogens (tertiary/aromatic N) is 4. The smallest absolute Gasteiger partial charge is 0.276 e. The summed E-state index contributed by atoms with van der Waals surface area (Å²) in [7, 11) is 1.86. The Hall–Kier alpha value is -1.08. The average molecular weight is 267 g/mol. The van der Waals surface area contributed by atoms with E-state index in [4.69, 9.17) is 0 Å². The molecule has 2 aliphatic heterocycles. The number of thioether (sulfide) groups is 1. The molecular formula is C11H17N5OS. The van der Waals surface area contributed by atoms with E-state index in [1.165, 1.54) is 0 Å². The Morgan fingerprint density at radius 3 is 3.06 bits per heavy atom. The van der Waals surface area contributed by atoms with Crippen molar-refractivity contribution in [3.8, 4) is 0 Å². The molecule has 3 rings (SSSR count). The molecule has 1 amide bonds. The fourth-order valence-corrected chi connectivity index (χ4v) is 3.46. The van der Waals surface area contributed by atoms with Crippen LogP contribution in [0.25, 0.3) is 0 Å². The van der Waals surface area contributed by atoms with Crippen LogP contribution in [0.2, 0.25) is 0 Å². The average Bonchev–Trinajstić information content (AvgIpc) is 2.95. The number of rotatable bonds is 3. The molecule has 3 heterocycles. The molecule has 0 bridgehead atoms. The SMILES string of the molecule is CN(C(=O)c1cn(C2CNC2)nn1)C1CCSC1. The van der Waals surface area contributed by atoms with Crippen molar-refractivity contribution in [1.82, 2.24) is 25.2 Å². The van der Waals surface area contributed by atoms with Gasteiger partial charge in [0.25, 0.3) is 5.91 Å². The lowest BCUT2D eigenvalue weighted by Crippen LogP contribution is -2.43. The van der Waals surface area contributed by atoms with Gasteiger partial charge in [-0.1, -0.05) is 5.21 Å². The van der Waals surface area contributed by atoms with Gasteiger partial charge < -0.3 is 10.2 Å². The largest absolute Gasteiger partial charge is 0.336 e. The summed E-state index contributed by atoms with van der Waals surface area (Å²) in [6.45, 7) is 1.82. The van der Waals surface area contributed by atoms with E-state index in [0.29, 0.717) is 17.8 Å². The molecule has 98 valence electrons. The molecule has 1 aromatic rings. The van der Waals surface area contributed by atoms with Gasteiger partial charge in [-0.15, -0.1) is 5.10 Å². The third-order valence-corrected chi connectivity index (χ3v) is 4.78. The van der Waals surface area contributed by atoms with Crippen molar-refractivity contribution >= 4 is 17.7 Å². The molecule has 1 N–H and O–H groups in total. The molecule has 1 aromatic heterocycles. The molecule has 7 heteroatoms. The minimum Gasteiger partial charge on any atom is -0.336 e. The molecular weight excluding hydrogens is 250 g/mol. The number of aromatic nitrogens is 3. The Morgan fingerprint density at radius 2 is 2.44 bits per heavy atom. The molecule has 18 heavy (non-hydrogen) atoms. The molecule has 1 atom stereocenters. The third kappa shape index (κ3) is 2.12. The normalized spacial score (nSPS) is 23.9. The van der Waals surface area contributed by atoms with E-state index in [-0.39, 0.29) is 5.91 Å². The van der Waals surface area contributed by atoms with Crippen molar-refractivity contribution in [3.05, 3.63) is 11.9 Å². The molecule has 0 aromatic carbocycles. The van der Waals surface area contributed by atoms with E-state index in [1.54, 1.807) is 10.9 Å². The maximum atomic E-state index is 12.3. The van der Waals surface area contributed by atoms with E-state index in [2.05, 4.69) is 15.6 Å². The molecule has 2 fully saturated rings. The molecule has 0 spiro atoms. The fourth-order valence-electron chi connectivity index (χ4n) is 2.19. The summed E-state index contributed by atoms with van der Waals surface area (Å²) in [4.78, 5) is 14.1. The minimum absolute atomic E-state index is 0.0129. The van der Waals surface area contributed by atoms with Crippen LogP contribution >= 0.6 is 11.8 Å². The van der Waals surface area contributed by atoms with Gasteiger partial charge >= 0.3 is 0 Å². The van der Waals surface area contributed by atoms with Gasteiger partial charge in [0.15, 0.2) is 5.69 Å². The second kappa shape index (κ2) is 4.89. The minimum atomic E-state index is -0.0129. The molecule has 6 nitrogen and oxygen atoms in total. The van der Waals surface area contributed by atoms with Crippen LogP contribution in [0.15, 0.2) is 6.20 Å². The highest BCUT2D eigenvalue weighted by molar-refractivity contribution is 7.99. The van der Waals surface area contributed by atoms with Crippen LogP contribution in [0.3, 0.4) is 0 Å². The highest BCUT2D eigenvalue weighted by Gasteiger charge is 2.27. The van der Waals surface area contributed by atoms with Gasteiger partial charge in [0.05, 0.1) is 12.2 Å². The zero-order chi connectivity index (χ0) is 12.5. The molecule has 2 aliphatic rings. The first-order valence-electron chi connectivity index (χ1n) is 6.23. The van der Waals surface area contributed by atoms with Crippen LogP contribution in [0.5, 0.6) is 0 Å². The van der Waals surface area contributed by atoms with Crippen LogP contribution in [0.4, 0.5) is 0 Å². The van der Waals surface area contributed by atoms with Crippen molar-refractivity contribution < 1.29 is 4.79 Å². The predicted octanol–water partition coefficient (Wildman–Crippen LogP) is -0.000100. The van der Waals surface area contributed by atoms with Crippen LogP contribution in [0, 0.1) is 0 Å². The summed E-state index contributed by atoms with van der Waals surface area (Å²) >= 11 is 1.90. The Labute approximate surface area is 110 Å². The van der Waals surface area contributed by atoms with Crippen LogP contribution in [0.1, 0.15) is 23.0 Å². The van der Waals surface area contributed by atoms with Gasteiger partial charge in [0.2, 0.25) is 0 Å². The Bertz CT molecular complexity index is 438. The van der Waals surface area contributed by atoms with Crippen molar-refractivity contribution in [3.63, 3.8) is 0 Å². The number of nitrogens with one attached hydrogen (secondary N) is 1. The highest BCUT2D eigenvalue weighted by atomic mass is 32.2. The lowest BCUT2D eigenvalue weighted by molar-refractivity contribution is 0.0742. The number of carbonyl (C=O) groups is 1. The van der Waals surface area contributed by atoms with E-state index in [0.717, 1.165) is 31.0 Å². The van der Waals surface area contributed by atoms with Crippen molar-refractivity contribution in [2.75, 3.05) is 31.6 Å². The standard InChI is InChI=1S/C11H17N5OS/c1-15(8-2-3-18-7-8)11(17)10-6-16(14-13-10)9-4-12-5-9/h6,8-9,12H,2-5,7H2,1H3. The lowest BCUT2D eigenvalue weighted by atomic mass is 10.2. The molecule has 0 saturated carbocycles. The lowest BCUT2D eigenvalue weighted by Gasteiger charge is -2.26. The number of hydrogen-bond acceptors (Lipinski definition) is 5. The maximum Gasteiger partial charge on any atom is 0.276 e. The summed E-state index contributed by atoms with van der Waals surface area (Å²) in [6, 6.07) is 0.699. The van der Waals surface area contributed by atoms with E-state index in [1.807, 2.05) is 23.7 Å². The van der Waals surface area contributed by atoms with Gasteiger partial charge in [0.1, 0.15) is 0 Å². The summed E-state index contributed by atoms with van der Waals surface area (Å²) in [5, 5.41) is 11.2.